The first kappa shape index (κ1) is 11.8. The molecule has 0 amide bonds. The Kier molecular flexibility index (Phi) is 3.17. The lowest BCUT2D eigenvalue weighted by Crippen LogP contribution is -2.06. The topological polar surface area (TPSA) is 72.0 Å². The maximum atomic E-state index is 11.0. The molecule has 0 aliphatic carbocycles. The van der Waals surface area contributed by atoms with Crippen LogP contribution in [0.1, 0.15) is 0 Å². The molecular formula is C8H5ClIN3O2S. The number of hydrogen-bond acceptors (Lipinski definition) is 4. The summed E-state index contributed by atoms with van der Waals surface area (Å²) in [5.74, 6) is 0.0368. The second kappa shape index (κ2) is 4.30. The van der Waals surface area contributed by atoms with E-state index in [4.69, 9.17) is 11.6 Å². The van der Waals surface area contributed by atoms with Crippen molar-refractivity contribution in [3.8, 4) is 0 Å². The van der Waals surface area contributed by atoms with Gasteiger partial charge in [0, 0.05) is 0 Å². The molecule has 8 heteroatoms. The van der Waals surface area contributed by atoms with Gasteiger partial charge in [0.25, 0.3) is 7.19 Å². The van der Waals surface area contributed by atoms with E-state index in [1.54, 1.807) is 24.3 Å². The van der Waals surface area contributed by atoms with E-state index < -0.39 is 7.19 Å². The molecule has 5 nitrogen and oxygen atoms in total. The van der Waals surface area contributed by atoms with Gasteiger partial charge < -0.3 is 0 Å². The van der Waals surface area contributed by atoms with Crippen molar-refractivity contribution in [1.82, 2.24) is 9.97 Å². The summed E-state index contributed by atoms with van der Waals surface area (Å²) in [6.07, 6.45) is 0. The number of benzene rings is 1. The number of nitrogens with one attached hydrogen (secondary N) is 1. The Morgan fingerprint density at radius 2 is 1.75 bits per heavy atom. The minimum Gasteiger partial charge on any atom is -0.257 e. The fourth-order valence-electron chi connectivity index (χ4n) is 1.16. The van der Waals surface area contributed by atoms with Crippen molar-refractivity contribution in [3.63, 3.8) is 0 Å². The second-order valence-electron chi connectivity index (χ2n) is 2.89. The summed E-state index contributed by atoms with van der Waals surface area (Å²) in [7, 11) is -3.44. The molecule has 2 rings (SSSR count). The molecule has 2 aromatic rings. The molecule has 0 saturated carbocycles. The van der Waals surface area contributed by atoms with E-state index in [0.29, 0.717) is 11.0 Å². The smallest absolute Gasteiger partial charge is 0.257 e. The molecule has 0 radical (unpaired) electrons. The van der Waals surface area contributed by atoms with Crippen molar-refractivity contribution < 1.29 is 8.42 Å². The number of fused-ring (bicyclic) bond motifs is 1. The average Bonchev–Trinajstić information content (AvgIpc) is 2.17. The van der Waals surface area contributed by atoms with Crippen LogP contribution in [0.4, 0.5) is 5.82 Å². The van der Waals surface area contributed by atoms with Gasteiger partial charge in [0.2, 0.25) is 0 Å². The van der Waals surface area contributed by atoms with Crippen LogP contribution in [0.2, 0.25) is 5.15 Å². The normalized spacial score (nSPS) is 11.6. The van der Waals surface area contributed by atoms with Crippen LogP contribution in [0.3, 0.4) is 0 Å². The van der Waals surface area contributed by atoms with Gasteiger partial charge >= 0.3 is 0 Å². The zero-order chi connectivity index (χ0) is 11.8. The lowest BCUT2D eigenvalue weighted by atomic mass is 10.3. The van der Waals surface area contributed by atoms with Crippen LogP contribution in [0.5, 0.6) is 0 Å². The van der Waals surface area contributed by atoms with E-state index in [9.17, 15) is 8.42 Å². The Morgan fingerprint density at radius 1 is 1.19 bits per heavy atom. The molecule has 16 heavy (non-hydrogen) atoms. The molecule has 0 atom stereocenters. The van der Waals surface area contributed by atoms with E-state index >= 15 is 0 Å². The summed E-state index contributed by atoms with van der Waals surface area (Å²) < 4.78 is 24.3. The van der Waals surface area contributed by atoms with E-state index in [0.717, 1.165) is 0 Å². The number of anilines is 1. The molecule has 0 saturated heterocycles. The number of nitrogens with zero attached hydrogens (tertiary/aromatic N) is 2. The highest BCUT2D eigenvalue weighted by Crippen LogP contribution is 2.22. The van der Waals surface area contributed by atoms with E-state index in [2.05, 4.69) is 14.7 Å². The van der Waals surface area contributed by atoms with E-state index in [1.807, 2.05) is 0 Å². The highest BCUT2D eigenvalue weighted by atomic mass is 127. The van der Waals surface area contributed by atoms with Gasteiger partial charge in [-0.05, 0) is 12.1 Å². The molecule has 1 aromatic carbocycles. The van der Waals surface area contributed by atoms with Gasteiger partial charge in [-0.25, -0.2) is 9.97 Å². The minimum absolute atomic E-state index is 0.0268. The Bertz CT molecular complexity index is 647. The predicted octanol–water partition coefficient (Wildman–Crippen LogP) is 2.37. The highest BCUT2D eigenvalue weighted by Gasteiger charge is 2.11. The van der Waals surface area contributed by atoms with E-state index in [1.165, 1.54) is 21.2 Å². The Balaban J connectivity index is 2.58. The SMILES string of the molecule is O=S(=O)(I)Nc1nc2ccccc2nc1Cl. The van der Waals surface area contributed by atoms with Crippen LogP contribution >= 0.6 is 32.8 Å². The maximum absolute atomic E-state index is 11.0. The molecule has 1 N–H and O–H groups in total. The van der Waals surface area contributed by atoms with Crippen molar-refractivity contribution >= 4 is 56.9 Å². The molecule has 0 bridgehead atoms. The number of hydrogen-bond donors (Lipinski definition) is 1. The quantitative estimate of drug-likeness (QED) is 0.652. The number of aromatic nitrogens is 2. The van der Waals surface area contributed by atoms with Crippen LogP contribution in [0.25, 0.3) is 11.0 Å². The third-order valence-corrected chi connectivity index (χ3v) is 3.11. The van der Waals surface area contributed by atoms with Gasteiger partial charge in [0.1, 0.15) is 0 Å². The summed E-state index contributed by atoms with van der Waals surface area (Å²) in [5.41, 5.74) is 1.19. The predicted molar refractivity (Wildman–Crippen MR) is 71.1 cm³/mol. The standard InChI is InChI=1S/C8H5ClIN3O2S/c9-7-8(13-16(10,14)15)12-6-4-2-1-3-5(6)11-7/h1-4H,(H,12,13). The summed E-state index contributed by atoms with van der Waals surface area (Å²) in [4.78, 5) is 8.10. The van der Waals surface area contributed by atoms with Crippen LogP contribution in [-0.4, -0.2) is 18.4 Å². The lowest BCUT2D eigenvalue weighted by Gasteiger charge is -2.04. The zero-order valence-electron chi connectivity index (χ0n) is 7.68. The zero-order valence-corrected chi connectivity index (χ0v) is 11.4. The number of para-hydroxylation sites is 2. The first-order valence-corrected chi connectivity index (χ1v) is 8.51. The molecular weight excluding hydrogens is 365 g/mol. The van der Waals surface area contributed by atoms with Gasteiger partial charge in [-0.15, -0.1) is 0 Å². The third-order valence-electron chi connectivity index (χ3n) is 1.75. The van der Waals surface area contributed by atoms with E-state index in [-0.39, 0.29) is 11.0 Å². The van der Waals surface area contributed by atoms with Crippen LogP contribution in [-0.2, 0) is 7.19 Å². The maximum Gasteiger partial charge on any atom is 0.287 e. The summed E-state index contributed by atoms with van der Waals surface area (Å²) in [6.45, 7) is 0. The molecule has 0 aliphatic heterocycles. The van der Waals surface area contributed by atoms with Crippen molar-refractivity contribution in [2.45, 2.75) is 0 Å². The van der Waals surface area contributed by atoms with Crippen LogP contribution in [0, 0.1) is 0 Å². The minimum atomic E-state index is -3.44. The van der Waals surface area contributed by atoms with Crippen LogP contribution < -0.4 is 4.72 Å². The summed E-state index contributed by atoms with van der Waals surface area (Å²) in [5, 5.41) is 0.0268. The fourth-order valence-corrected chi connectivity index (χ4v) is 2.39. The number of rotatable bonds is 2. The molecule has 0 aliphatic rings. The molecule has 0 spiro atoms. The lowest BCUT2D eigenvalue weighted by molar-refractivity contribution is 0.617. The average molecular weight is 370 g/mol. The van der Waals surface area contributed by atoms with Gasteiger partial charge in [0.05, 0.1) is 32.2 Å². The monoisotopic (exact) mass is 369 g/mol. The van der Waals surface area contributed by atoms with Crippen molar-refractivity contribution in [2.24, 2.45) is 0 Å². The first-order chi connectivity index (χ1) is 7.46. The van der Waals surface area contributed by atoms with Crippen LogP contribution in [0.15, 0.2) is 24.3 Å². The fraction of sp³-hybridized carbons (Fsp3) is 0. The number of halogens is 2. The Morgan fingerprint density at radius 3 is 2.31 bits per heavy atom. The Hall–Kier alpha value is -0.670. The Labute approximate surface area is 109 Å². The second-order valence-corrected chi connectivity index (χ2v) is 7.81. The van der Waals surface area contributed by atoms with Gasteiger partial charge in [-0.1, -0.05) is 23.7 Å². The highest BCUT2D eigenvalue weighted by molar-refractivity contribution is 14.2. The van der Waals surface area contributed by atoms with Crippen molar-refractivity contribution in [3.05, 3.63) is 29.4 Å². The molecule has 1 aromatic heterocycles. The first-order valence-electron chi connectivity index (χ1n) is 4.10. The molecule has 0 unspecified atom stereocenters. The van der Waals surface area contributed by atoms with Gasteiger partial charge in [-0.3, -0.25) is 4.72 Å². The van der Waals surface area contributed by atoms with Crippen molar-refractivity contribution in [2.75, 3.05) is 4.72 Å². The molecule has 0 fully saturated rings. The third kappa shape index (κ3) is 2.71. The van der Waals surface area contributed by atoms with Gasteiger partial charge in [-0.2, -0.15) is 8.42 Å². The molecule has 84 valence electrons. The summed E-state index contributed by atoms with van der Waals surface area (Å²) >= 11 is 7.06. The molecule has 1 heterocycles. The van der Waals surface area contributed by atoms with Crippen molar-refractivity contribution in [1.29, 1.82) is 0 Å². The largest absolute Gasteiger partial charge is 0.287 e. The summed E-state index contributed by atoms with van der Waals surface area (Å²) in [6, 6.07) is 7.06. The van der Waals surface area contributed by atoms with Gasteiger partial charge in [0.15, 0.2) is 11.0 Å².